The average Bonchev–Trinajstić information content (AvgIpc) is 2.86. The number of rotatable bonds is 7. The van der Waals surface area contributed by atoms with Crippen LogP contribution in [0.3, 0.4) is 0 Å². The maximum atomic E-state index is 4.56. The fourth-order valence-corrected chi connectivity index (χ4v) is 1.76. The van der Waals surface area contributed by atoms with Crippen LogP contribution in [0, 0.1) is 0 Å². The van der Waals surface area contributed by atoms with E-state index in [1.165, 1.54) is 0 Å². The molecule has 20 heavy (non-hydrogen) atoms. The van der Waals surface area contributed by atoms with E-state index in [0.29, 0.717) is 0 Å². The second-order valence-electron chi connectivity index (χ2n) is 5.79. The van der Waals surface area contributed by atoms with Crippen LogP contribution in [-0.2, 0) is 6.54 Å². The Morgan fingerprint density at radius 3 is 2.40 bits per heavy atom. The first kappa shape index (κ1) is 16.6. The molecule has 5 heteroatoms. The Labute approximate surface area is 122 Å². The van der Waals surface area contributed by atoms with Crippen molar-refractivity contribution in [1.29, 1.82) is 0 Å². The number of nitrogens with zero attached hydrogens (tertiary/aromatic N) is 2. The maximum Gasteiger partial charge on any atom is 0.191 e. The van der Waals surface area contributed by atoms with Crippen LogP contribution in [0.4, 0.5) is 0 Å². The Kier molecular flexibility index (Phi) is 7.15. The summed E-state index contributed by atoms with van der Waals surface area (Å²) in [5.74, 6) is 0.885. The summed E-state index contributed by atoms with van der Waals surface area (Å²) in [6.45, 7) is 12.9. The standard InChI is InChI=1S/C15H29N5/c1-5-16-14(17-8-9-19-15(2,3)4)18-10-13-20-11-6-7-12-20/h6-7,11-12,19H,5,8-10,13H2,1-4H3,(H2,16,17,18). The van der Waals surface area contributed by atoms with E-state index in [2.05, 4.69) is 65.6 Å². The summed E-state index contributed by atoms with van der Waals surface area (Å²) in [4.78, 5) is 4.56. The van der Waals surface area contributed by atoms with Crippen LogP contribution in [0.1, 0.15) is 27.7 Å². The highest BCUT2D eigenvalue weighted by Gasteiger charge is 2.06. The first-order valence-electron chi connectivity index (χ1n) is 7.39. The minimum absolute atomic E-state index is 0.149. The van der Waals surface area contributed by atoms with Gasteiger partial charge in [-0.3, -0.25) is 4.99 Å². The molecular weight excluding hydrogens is 250 g/mol. The lowest BCUT2D eigenvalue weighted by Gasteiger charge is -2.20. The largest absolute Gasteiger partial charge is 0.357 e. The smallest absolute Gasteiger partial charge is 0.191 e. The monoisotopic (exact) mass is 279 g/mol. The fraction of sp³-hybridized carbons (Fsp3) is 0.667. The van der Waals surface area contributed by atoms with Gasteiger partial charge >= 0.3 is 0 Å². The lowest BCUT2D eigenvalue weighted by atomic mass is 10.1. The van der Waals surface area contributed by atoms with E-state index < -0.39 is 0 Å². The minimum Gasteiger partial charge on any atom is -0.357 e. The molecule has 0 bridgehead atoms. The minimum atomic E-state index is 0.149. The molecular formula is C15H29N5. The topological polar surface area (TPSA) is 53.4 Å². The average molecular weight is 279 g/mol. The first-order valence-corrected chi connectivity index (χ1v) is 7.39. The van der Waals surface area contributed by atoms with Gasteiger partial charge in [-0.25, -0.2) is 0 Å². The third-order valence-corrected chi connectivity index (χ3v) is 2.71. The van der Waals surface area contributed by atoms with Gasteiger partial charge < -0.3 is 20.5 Å². The molecule has 1 aromatic rings. The summed E-state index contributed by atoms with van der Waals surface area (Å²) >= 11 is 0. The first-order chi connectivity index (χ1) is 9.51. The zero-order chi connectivity index (χ0) is 14.8. The van der Waals surface area contributed by atoms with Crippen molar-refractivity contribution >= 4 is 5.96 Å². The van der Waals surface area contributed by atoms with Crippen LogP contribution in [0.5, 0.6) is 0 Å². The number of nitrogens with one attached hydrogen (secondary N) is 3. The molecule has 0 saturated heterocycles. The van der Waals surface area contributed by atoms with Crippen molar-refractivity contribution in [2.24, 2.45) is 4.99 Å². The van der Waals surface area contributed by atoms with Crippen molar-refractivity contribution in [2.75, 3.05) is 26.2 Å². The SMILES string of the molecule is CCNC(=NCCNC(C)(C)C)NCCn1cccc1. The summed E-state index contributed by atoms with van der Waals surface area (Å²) in [5.41, 5.74) is 0.149. The molecule has 0 aliphatic carbocycles. The van der Waals surface area contributed by atoms with Gasteiger partial charge in [0.15, 0.2) is 5.96 Å². The summed E-state index contributed by atoms with van der Waals surface area (Å²) in [5, 5.41) is 10.0. The highest BCUT2D eigenvalue weighted by molar-refractivity contribution is 5.79. The number of aromatic nitrogens is 1. The molecule has 0 unspecified atom stereocenters. The Bertz CT molecular complexity index is 375. The van der Waals surface area contributed by atoms with Crippen LogP contribution in [0.15, 0.2) is 29.5 Å². The molecule has 0 aliphatic heterocycles. The highest BCUT2D eigenvalue weighted by Crippen LogP contribution is 1.96. The van der Waals surface area contributed by atoms with Crippen LogP contribution in [-0.4, -0.2) is 42.2 Å². The fourth-order valence-electron chi connectivity index (χ4n) is 1.76. The highest BCUT2D eigenvalue weighted by atomic mass is 15.2. The molecule has 114 valence electrons. The van der Waals surface area contributed by atoms with Gasteiger partial charge in [0.1, 0.15) is 0 Å². The van der Waals surface area contributed by atoms with E-state index >= 15 is 0 Å². The van der Waals surface area contributed by atoms with Gasteiger partial charge in [-0.05, 0) is 39.8 Å². The zero-order valence-corrected chi connectivity index (χ0v) is 13.2. The van der Waals surface area contributed by atoms with E-state index in [0.717, 1.165) is 38.7 Å². The van der Waals surface area contributed by atoms with Crippen LogP contribution >= 0.6 is 0 Å². The molecule has 0 fully saturated rings. The molecule has 0 radical (unpaired) electrons. The Hall–Kier alpha value is -1.49. The molecule has 1 heterocycles. The Balaban J connectivity index is 2.27. The van der Waals surface area contributed by atoms with Gasteiger partial charge in [0.05, 0.1) is 6.54 Å². The molecule has 0 amide bonds. The molecule has 3 N–H and O–H groups in total. The number of aliphatic imine (C=N–C) groups is 1. The quantitative estimate of drug-likeness (QED) is 0.402. The number of guanidine groups is 1. The van der Waals surface area contributed by atoms with Crippen LogP contribution in [0.2, 0.25) is 0 Å². The van der Waals surface area contributed by atoms with Gasteiger partial charge in [0.25, 0.3) is 0 Å². The molecule has 1 aromatic heterocycles. The third-order valence-electron chi connectivity index (χ3n) is 2.71. The summed E-state index contributed by atoms with van der Waals surface area (Å²) < 4.78 is 2.15. The van der Waals surface area contributed by atoms with E-state index in [-0.39, 0.29) is 5.54 Å². The van der Waals surface area contributed by atoms with Gasteiger partial charge in [0.2, 0.25) is 0 Å². The normalized spacial score (nSPS) is 12.5. The Morgan fingerprint density at radius 2 is 1.80 bits per heavy atom. The second-order valence-corrected chi connectivity index (χ2v) is 5.79. The van der Waals surface area contributed by atoms with Crippen LogP contribution in [0.25, 0.3) is 0 Å². The molecule has 0 aliphatic rings. The zero-order valence-electron chi connectivity index (χ0n) is 13.2. The molecule has 0 spiro atoms. The van der Waals surface area contributed by atoms with Crippen LogP contribution < -0.4 is 16.0 Å². The maximum absolute atomic E-state index is 4.56. The summed E-state index contributed by atoms with van der Waals surface area (Å²) in [6.07, 6.45) is 4.14. The van der Waals surface area contributed by atoms with E-state index in [1.54, 1.807) is 0 Å². The second kappa shape index (κ2) is 8.64. The van der Waals surface area contributed by atoms with Gasteiger partial charge in [-0.1, -0.05) is 0 Å². The van der Waals surface area contributed by atoms with Gasteiger partial charge in [0, 0.05) is 44.1 Å². The van der Waals surface area contributed by atoms with Crippen molar-refractivity contribution in [1.82, 2.24) is 20.5 Å². The lowest BCUT2D eigenvalue weighted by Crippen LogP contribution is -2.40. The van der Waals surface area contributed by atoms with Gasteiger partial charge in [-0.2, -0.15) is 0 Å². The van der Waals surface area contributed by atoms with Crippen molar-refractivity contribution in [3.05, 3.63) is 24.5 Å². The number of hydrogen-bond acceptors (Lipinski definition) is 2. The van der Waals surface area contributed by atoms with E-state index in [4.69, 9.17) is 0 Å². The Morgan fingerprint density at radius 1 is 1.10 bits per heavy atom. The molecule has 1 rings (SSSR count). The van der Waals surface area contributed by atoms with Gasteiger partial charge in [-0.15, -0.1) is 0 Å². The molecule has 0 saturated carbocycles. The van der Waals surface area contributed by atoms with Crippen molar-refractivity contribution < 1.29 is 0 Å². The lowest BCUT2D eigenvalue weighted by molar-refractivity contribution is 0.432. The predicted molar refractivity (Wildman–Crippen MR) is 86.2 cm³/mol. The molecule has 5 nitrogen and oxygen atoms in total. The predicted octanol–water partition coefficient (Wildman–Crippen LogP) is 1.43. The molecule has 0 aromatic carbocycles. The van der Waals surface area contributed by atoms with E-state index in [1.807, 2.05) is 12.1 Å². The van der Waals surface area contributed by atoms with E-state index in [9.17, 15) is 0 Å². The third kappa shape index (κ3) is 7.84. The summed E-state index contributed by atoms with van der Waals surface area (Å²) in [6, 6.07) is 4.08. The van der Waals surface area contributed by atoms with Crippen molar-refractivity contribution in [3.8, 4) is 0 Å². The summed E-state index contributed by atoms with van der Waals surface area (Å²) in [7, 11) is 0. The molecule has 0 atom stereocenters. The van der Waals surface area contributed by atoms with Crippen molar-refractivity contribution in [3.63, 3.8) is 0 Å². The van der Waals surface area contributed by atoms with Crippen molar-refractivity contribution in [2.45, 2.75) is 39.8 Å². The number of hydrogen-bond donors (Lipinski definition) is 3.